The molecule has 1 fully saturated rings. The SMILES string of the molecule is CC.Cc1c(C(=O)N(Cc2ccccc2C#N)c2ccc(O[Se])cc2)cc(-c2cc([N+](=O)[O-])ccc2C(=O)N2Cc3ccccc3C[C@H]2CN2CCOCC2)n1C. The minimum absolute atomic E-state index is 0.103. The van der Waals surface area contributed by atoms with Gasteiger partial charge in [-0.3, -0.25) is 19.8 Å². The number of benzene rings is 4. The molecule has 13 heteroatoms. The first-order valence-electron chi connectivity index (χ1n) is 19.0. The minimum atomic E-state index is -0.478. The second-order valence-corrected chi connectivity index (χ2v) is 14.1. The molecule has 12 nitrogen and oxygen atoms in total. The van der Waals surface area contributed by atoms with Crippen molar-refractivity contribution in [1.82, 2.24) is 14.4 Å². The molecule has 0 unspecified atom stereocenters. The molecule has 1 atom stereocenters. The zero-order valence-corrected chi connectivity index (χ0v) is 34.2. The number of nitro benzene ring substituents is 1. The van der Waals surface area contributed by atoms with Crippen LogP contribution in [0.15, 0.2) is 97.1 Å². The molecule has 1 saturated heterocycles. The third-order valence-electron chi connectivity index (χ3n) is 10.6. The zero-order valence-electron chi connectivity index (χ0n) is 32.5. The van der Waals surface area contributed by atoms with Gasteiger partial charge in [0.25, 0.3) is 11.6 Å². The van der Waals surface area contributed by atoms with Crippen LogP contribution in [-0.2, 0) is 31.3 Å². The van der Waals surface area contributed by atoms with E-state index in [-0.39, 0.29) is 30.1 Å². The predicted molar refractivity (Wildman–Crippen MR) is 219 cm³/mol. The molecule has 57 heavy (non-hydrogen) atoms. The molecular weight excluding hydrogens is 787 g/mol. The number of morpholine rings is 1. The number of hydrogen-bond donors (Lipinski definition) is 0. The Hall–Kier alpha value is -5.77. The van der Waals surface area contributed by atoms with Crippen LogP contribution in [0.3, 0.4) is 0 Å². The first-order valence-corrected chi connectivity index (χ1v) is 19.7. The Balaban J connectivity index is 0.00000270. The van der Waals surface area contributed by atoms with E-state index in [0.29, 0.717) is 83.4 Å². The predicted octanol–water partition coefficient (Wildman–Crippen LogP) is 7.02. The molecule has 3 heterocycles. The van der Waals surface area contributed by atoms with Crippen molar-refractivity contribution < 1.29 is 23.1 Å². The number of carbonyl (C=O) groups is 2. The van der Waals surface area contributed by atoms with Crippen LogP contribution >= 0.6 is 0 Å². The number of non-ortho nitro benzene ring substituents is 1. The zero-order chi connectivity index (χ0) is 40.6. The number of carbonyl (C=O) groups excluding carboxylic acids is 2. The van der Waals surface area contributed by atoms with E-state index in [0.717, 1.165) is 18.7 Å². The maximum absolute atomic E-state index is 14.9. The summed E-state index contributed by atoms with van der Waals surface area (Å²) >= 11 is 2.52. The molecule has 5 aromatic rings. The van der Waals surface area contributed by atoms with E-state index in [4.69, 9.17) is 8.56 Å². The number of fused-ring (bicyclic) bond motifs is 1. The van der Waals surface area contributed by atoms with E-state index in [1.807, 2.05) is 49.1 Å². The van der Waals surface area contributed by atoms with Crippen LogP contribution in [0.5, 0.6) is 5.75 Å². The molecule has 1 aromatic heterocycles. The summed E-state index contributed by atoms with van der Waals surface area (Å²) in [6.45, 7) is 9.80. The molecule has 0 saturated carbocycles. The van der Waals surface area contributed by atoms with Crippen molar-refractivity contribution in [3.05, 3.63) is 146 Å². The van der Waals surface area contributed by atoms with Crippen molar-refractivity contribution in [1.29, 1.82) is 5.26 Å². The van der Waals surface area contributed by atoms with Crippen LogP contribution in [0.2, 0.25) is 0 Å². The molecule has 0 spiro atoms. The van der Waals surface area contributed by atoms with Gasteiger partial charge in [-0.15, -0.1) is 0 Å². The molecule has 1 radical (unpaired) electrons. The van der Waals surface area contributed by atoms with Gasteiger partial charge in [0, 0.05) is 38.3 Å². The van der Waals surface area contributed by atoms with E-state index in [1.165, 1.54) is 23.8 Å². The van der Waals surface area contributed by atoms with E-state index in [9.17, 15) is 25.0 Å². The maximum atomic E-state index is 14.9. The first-order chi connectivity index (χ1) is 27.7. The van der Waals surface area contributed by atoms with E-state index in [2.05, 4.69) is 33.4 Å². The molecule has 2 aliphatic heterocycles. The standard InChI is InChI=1S/C42H39N6O6Se.C2H6/c1-28-38(42(50)46(33-11-14-36(54-55)15-12-33)26-32-10-6-4-8-30(32)24-43)23-40(44(28)2)39-22-34(48(51)52)13-16-37(39)41(49)47-25-31-9-5-3-7-29(31)21-35(47)27-45-17-19-53-20-18-45;1-2/h3-16,22-23,35H,17-21,25-27H2,1-2H3;1-2H3/t35-;/m0./s1. The third kappa shape index (κ3) is 8.80. The van der Waals surface area contributed by atoms with Gasteiger partial charge in [-0.25, -0.2) is 0 Å². The van der Waals surface area contributed by atoms with Crippen LogP contribution in [0.25, 0.3) is 11.3 Å². The Morgan fingerprint density at radius 1 is 0.965 bits per heavy atom. The number of ether oxygens (including phenoxy) is 1. The van der Waals surface area contributed by atoms with Gasteiger partial charge in [0.05, 0.1) is 18.1 Å². The Morgan fingerprint density at radius 2 is 1.65 bits per heavy atom. The number of hydrogen-bond acceptors (Lipinski definition) is 8. The van der Waals surface area contributed by atoms with Crippen LogP contribution in [0.1, 0.15) is 62.5 Å². The Bertz CT molecular complexity index is 2300. The number of nitrogens with zero attached hydrogens (tertiary/aromatic N) is 6. The van der Waals surface area contributed by atoms with E-state index >= 15 is 0 Å². The number of nitro groups is 1. The van der Waals surface area contributed by atoms with Crippen LogP contribution in [0.4, 0.5) is 11.4 Å². The van der Waals surface area contributed by atoms with Gasteiger partial charge in [-0.2, -0.15) is 0 Å². The molecule has 2 aliphatic rings. The van der Waals surface area contributed by atoms with E-state index in [1.54, 1.807) is 65.9 Å². The summed E-state index contributed by atoms with van der Waals surface area (Å²) < 4.78 is 12.6. The summed E-state index contributed by atoms with van der Waals surface area (Å²) in [4.78, 5) is 47.1. The normalized spacial score (nSPS) is 15.1. The first kappa shape index (κ1) is 40.9. The Labute approximate surface area is 341 Å². The molecule has 2 amide bonds. The van der Waals surface area contributed by atoms with Gasteiger partial charge < -0.3 is 9.64 Å². The van der Waals surface area contributed by atoms with Crippen molar-refractivity contribution in [3.8, 4) is 23.1 Å². The van der Waals surface area contributed by atoms with Crippen LogP contribution in [-0.4, -0.2) is 86.3 Å². The van der Waals surface area contributed by atoms with Crippen molar-refractivity contribution in [2.24, 2.45) is 7.05 Å². The van der Waals surface area contributed by atoms with Gasteiger partial charge in [0.2, 0.25) is 0 Å². The van der Waals surface area contributed by atoms with Gasteiger partial charge in [-0.05, 0) is 23.6 Å². The quantitative estimate of drug-likeness (QED) is 0.0834. The number of amides is 2. The van der Waals surface area contributed by atoms with Gasteiger partial charge >= 0.3 is 183 Å². The summed E-state index contributed by atoms with van der Waals surface area (Å²) in [5.41, 5.74) is 5.88. The summed E-state index contributed by atoms with van der Waals surface area (Å²) in [5.74, 6) is -0.0195. The van der Waals surface area contributed by atoms with Crippen molar-refractivity contribution in [2.45, 2.75) is 46.3 Å². The monoisotopic (exact) mass is 833 g/mol. The molecule has 293 valence electrons. The molecule has 0 N–H and O–H groups in total. The Kier molecular flexibility index (Phi) is 13.2. The third-order valence-corrected chi connectivity index (χ3v) is 11.0. The van der Waals surface area contributed by atoms with Gasteiger partial charge in [0.1, 0.15) is 0 Å². The van der Waals surface area contributed by atoms with Crippen molar-refractivity contribution in [3.63, 3.8) is 0 Å². The second-order valence-electron chi connectivity index (χ2n) is 13.8. The summed E-state index contributed by atoms with van der Waals surface area (Å²) in [7, 11) is 1.78. The van der Waals surface area contributed by atoms with Gasteiger partial charge in [-0.1, -0.05) is 38.1 Å². The fourth-order valence-corrected chi connectivity index (χ4v) is 7.72. The Morgan fingerprint density at radius 3 is 2.33 bits per heavy atom. The number of nitriles is 1. The van der Waals surface area contributed by atoms with Crippen LogP contribution < -0.4 is 8.72 Å². The number of aromatic nitrogens is 1. The summed E-state index contributed by atoms with van der Waals surface area (Å²) in [6.07, 6.45) is 0.678. The fourth-order valence-electron chi connectivity index (χ4n) is 7.49. The fraction of sp³-hybridized carbons (Fsp3) is 0.295. The summed E-state index contributed by atoms with van der Waals surface area (Å²) in [6, 6.07) is 30.4. The molecule has 7 rings (SSSR count). The van der Waals surface area contributed by atoms with Gasteiger partial charge in [0.15, 0.2) is 0 Å². The van der Waals surface area contributed by atoms with E-state index < -0.39 is 4.92 Å². The number of rotatable bonds is 10. The van der Waals surface area contributed by atoms with Crippen LogP contribution in [0, 0.1) is 28.4 Å². The summed E-state index contributed by atoms with van der Waals surface area (Å²) in [5, 5.41) is 22.0. The molecule has 4 aromatic carbocycles. The van der Waals surface area contributed by atoms with Crippen molar-refractivity contribution in [2.75, 3.05) is 37.7 Å². The molecule has 0 bridgehead atoms. The second kappa shape index (κ2) is 18.4. The molecule has 0 aliphatic carbocycles. The topological polar surface area (TPSA) is 134 Å². The average Bonchev–Trinajstić information content (AvgIpc) is 3.55. The molecular formula is C44H45N6O6Se. The number of anilines is 1. The average molecular weight is 833 g/mol. The van der Waals surface area contributed by atoms with Crippen molar-refractivity contribution >= 4 is 39.5 Å².